The van der Waals surface area contributed by atoms with Crippen LogP contribution in [0.5, 0.6) is 0 Å². The van der Waals surface area contributed by atoms with E-state index in [0.717, 1.165) is 24.5 Å². The van der Waals surface area contributed by atoms with Gasteiger partial charge in [-0.2, -0.15) is 9.97 Å². The maximum absolute atomic E-state index is 11.7. The quantitative estimate of drug-likeness (QED) is 0.742. The molecule has 1 aromatic heterocycles. The Bertz CT molecular complexity index is 513. The monoisotopic (exact) mass is 263 g/mol. The first-order valence-corrected chi connectivity index (χ1v) is 6.45. The molecule has 1 atom stereocenters. The van der Waals surface area contributed by atoms with Gasteiger partial charge in [0.2, 0.25) is 11.9 Å². The van der Waals surface area contributed by atoms with Crippen molar-refractivity contribution < 1.29 is 9.53 Å². The van der Waals surface area contributed by atoms with Crippen molar-refractivity contribution in [2.75, 3.05) is 42.3 Å². The number of carbonyl (C=O) groups excluding carboxylic acids is 1. The Labute approximate surface area is 111 Å². The second-order valence-corrected chi connectivity index (χ2v) is 4.93. The first kappa shape index (κ1) is 12.2. The molecule has 0 spiro atoms. The zero-order chi connectivity index (χ0) is 13.4. The van der Waals surface area contributed by atoms with Crippen LogP contribution in [0, 0.1) is 5.92 Å². The summed E-state index contributed by atoms with van der Waals surface area (Å²) in [5.41, 5.74) is 6.71. The summed E-state index contributed by atoms with van der Waals surface area (Å²) in [6.07, 6.45) is 0.647. The second-order valence-electron chi connectivity index (χ2n) is 4.93. The maximum atomic E-state index is 11.7. The van der Waals surface area contributed by atoms with E-state index >= 15 is 0 Å². The van der Waals surface area contributed by atoms with Gasteiger partial charge in [0.25, 0.3) is 0 Å². The van der Waals surface area contributed by atoms with E-state index in [2.05, 4.69) is 20.2 Å². The molecule has 1 amide bonds. The van der Waals surface area contributed by atoms with E-state index in [1.165, 1.54) is 0 Å². The van der Waals surface area contributed by atoms with E-state index in [9.17, 15) is 4.79 Å². The molecular weight excluding hydrogens is 246 g/mol. The Hall–Kier alpha value is -1.89. The lowest BCUT2D eigenvalue weighted by Crippen LogP contribution is -2.39. The molecule has 1 saturated heterocycles. The number of nitrogens with one attached hydrogen (secondary N) is 1. The first-order chi connectivity index (χ1) is 9.15. The number of hydrogen-bond donors (Lipinski definition) is 2. The van der Waals surface area contributed by atoms with Crippen LogP contribution in [-0.4, -0.2) is 42.2 Å². The maximum Gasteiger partial charge on any atom is 0.228 e. The van der Waals surface area contributed by atoms with Gasteiger partial charge in [0.1, 0.15) is 11.6 Å². The van der Waals surface area contributed by atoms with Crippen molar-refractivity contribution >= 4 is 23.5 Å². The van der Waals surface area contributed by atoms with E-state index in [1.807, 2.05) is 6.92 Å². The number of ether oxygens (including phenoxy) is 1. The van der Waals surface area contributed by atoms with Crippen LogP contribution < -0.4 is 16.0 Å². The molecule has 102 valence electrons. The van der Waals surface area contributed by atoms with Crippen LogP contribution in [0.3, 0.4) is 0 Å². The zero-order valence-corrected chi connectivity index (χ0v) is 10.8. The van der Waals surface area contributed by atoms with Gasteiger partial charge >= 0.3 is 0 Å². The third-order valence-electron chi connectivity index (χ3n) is 3.51. The molecule has 0 radical (unpaired) electrons. The van der Waals surface area contributed by atoms with E-state index in [4.69, 9.17) is 10.5 Å². The number of fused-ring (bicyclic) bond motifs is 1. The van der Waals surface area contributed by atoms with Gasteiger partial charge in [-0.25, -0.2) is 0 Å². The average molecular weight is 263 g/mol. The summed E-state index contributed by atoms with van der Waals surface area (Å²) >= 11 is 0. The lowest BCUT2D eigenvalue weighted by molar-refractivity contribution is -0.119. The van der Waals surface area contributed by atoms with Crippen LogP contribution in [-0.2, 0) is 16.0 Å². The van der Waals surface area contributed by atoms with Crippen molar-refractivity contribution in [3.05, 3.63) is 5.56 Å². The standard InChI is InChI=1S/C12H17N5O2/c1-7-6-8-9(14-11(7)18)15-12(13)16-10(8)17-2-4-19-5-3-17/h7H,2-6H2,1H3,(H3,13,14,15,16,18). The fourth-order valence-electron chi connectivity index (χ4n) is 2.46. The predicted octanol–water partition coefficient (Wildman–Crippen LogP) is 0.0261. The minimum absolute atomic E-state index is 0.0153. The lowest BCUT2D eigenvalue weighted by atomic mass is 9.97. The van der Waals surface area contributed by atoms with E-state index in [1.54, 1.807) is 0 Å². The van der Waals surface area contributed by atoms with Crippen molar-refractivity contribution in [3.8, 4) is 0 Å². The van der Waals surface area contributed by atoms with Crippen molar-refractivity contribution in [1.29, 1.82) is 0 Å². The molecule has 1 fully saturated rings. The molecule has 3 heterocycles. The van der Waals surface area contributed by atoms with Gasteiger partial charge < -0.3 is 20.7 Å². The van der Waals surface area contributed by atoms with E-state index in [0.29, 0.717) is 25.5 Å². The highest BCUT2D eigenvalue weighted by molar-refractivity contribution is 5.95. The largest absolute Gasteiger partial charge is 0.378 e. The van der Waals surface area contributed by atoms with Gasteiger partial charge in [-0.15, -0.1) is 0 Å². The van der Waals surface area contributed by atoms with Crippen LogP contribution in [0.2, 0.25) is 0 Å². The Morgan fingerprint density at radius 2 is 2.11 bits per heavy atom. The summed E-state index contributed by atoms with van der Waals surface area (Å²) < 4.78 is 5.35. The Kier molecular flexibility index (Phi) is 2.98. The van der Waals surface area contributed by atoms with Crippen LogP contribution in [0.1, 0.15) is 12.5 Å². The average Bonchev–Trinajstić information content (AvgIpc) is 2.41. The fourth-order valence-corrected chi connectivity index (χ4v) is 2.46. The van der Waals surface area contributed by atoms with Gasteiger partial charge in [-0.1, -0.05) is 6.92 Å². The molecule has 0 aliphatic carbocycles. The molecular formula is C12H17N5O2. The summed E-state index contributed by atoms with van der Waals surface area (Å²) in [5, 5.41) is 2.80. The van der Waals surface area contributed by atoms with E-state index < -0.39 is 0 Å². The number of nitrogen functional groups attached to an aromatic ring is 1. The number of carbonyl (C=O) groups is 1. The number of amides is 1. The molecule has 3 N–H and O–H groups in total. The van der Waals surface area contributed by atoms with Crippen molar-refractivity contribution in [2.24, 2.45) is 5.92 Å². The Morgan fingerprint density at radius 1 is 1.37 bits per heavy atom. The molecule has 1 aromatic rings. The minimum Gasteiger partial charge on any atom is -0.378 e. The molecule has 2 aliphatic heterocycles. The highest BCUT2D eigenvalue weighted by Gasteiger charge is 2.29. The van der Waals surface area contributed by atoms with Gasteiger partial charge in [-0.05, 0) is 6.42 Å². The number of anilines is 3. The van der Waals surface area contributed by atoms with Crippen molar-refractivity contribution in [3.63, 3.8) is 0 Å². The molecule has 1 unspecified atom stereocenters. The number of rotatable bonds is 1. The van der Waals surface area contributed by atoms with Gasteiger partial charge in [-0.3, -0.25) is 4.79 Å². The van der Waals surface area contributed by atoms with Crippen molar-refractivity contribution in [2.45, 2.75) is 13.3 Å². The van der Waals surface area contributed by atoms with Gasteiger partial charge in [0.15, 0.2) is 0 Å². The number of aromatic nitrogens is 2. The van der Waals surface area contributed by atoms with E-state index in [-0.39, 0.29) is 17.8 Å². The van der Waals surface area contributed by atoms with Gasteiger partial charge in [0, 0.05) is 24.6 Å². The highest BCUT2D eigenvalue weighted by Crippen LogP contribution is 2.32. The SMILES string of the molecule is CC1Cc2c(nc(N)nc2N2CCOCC2)NC1=O. The molecule has 19 heavy (non-hydrogen) atoms. The molecule has 7 heteroatoms. The third kappa shape index (κ3) is 2.21. The molecule has 0 aromatic carbocycles. The molecule has 7 nitrogen and oxygen atoms in total. The third-order valence-corrected chi connectivity index (χ3v) is 3.51. The molecule has 0 bridgehead atoms. The second kappa shape index (κ2) is 4.65. The number of nitrogens with zero attached hydrogens (tertiary/aromatic N) is 3. The van der Waals surface area contributed by atoms with Crippen LogP contribution >= 0.6 is 0 Å². The Morgan fingerprint density at radius 3 is 2.84 bits per heavy atom. The summed E-state index contributed by atoms with van der Waals surface area (Å²) in [4.78, 5) is 22.3. The first-order valence-electron chi connectivity index (χ1n) is 6.45. The summed E-state index contributed by atoms with van der Waals surface area (Å²) in [6.45, 7) is 4.83. The summed E-state index contributed by atoms with van der Waals surface area (Å²) in [7, 11) is 0. The zero-order valence-electron chi connectivity index (χ0n) is 10.8. The Balaban J connectivity index is 2.01. The minimum atomic E-state index is -0.0699. The van der Waals surface area contributed by atoms with Crippen molar-refractivity contribution in [1.82, 2.24) is 9.97 Å². The van der Waals surface area contributed by atoms with Gasteiger partial charge in [0.05, 0.1) is 13.2 Å². The van der Waals surface area contributed by atoms with Crippen LogP contribution in [0.4, 0.5) is 17.6 Å². The number of nitrogens with two attached hydrogens (primary N) is 1. The predicted molar refractivity (Wildman–Crippen MR) is 71.0 cm³/mol. The molecule has 0 saturated carbocycles. The molecule has 2 aliphatic rings. The molecule has 3 rings (SSSR count). The van der Waals surface area contributed by atoms with Crippen LogP contribution in [0.25, 0.3) is 0 Å². The fraction of sp³-hybridized carbons (Fsp3) is 0.583. The number of morpholine rings is 1. The number of hydrogen-bond acceptors (Lipinski definition) is 6. The topological polar surface area (TPSA) is 93.4 Å². The smallest absolute Gasteiger partial charge is 0.228 e. The lowest BCUT2D eigenvalue weighted by Gasteiger charge is -2.32. The highest BCUT2D eigenvalue weighted by atomic mass is 16.5. The normalized spacial score (nSPS) is 22.9. The summed E-state index contributed by atoms with van der Waals surface area (Å²) in [6, 6.07) is 0. The van der Waals surface area contributed by atoms with Crippen LogP contribution in [0.15, 0.2) is 0 Å². The summed E-state index contributed by atoms with van der Waals surface area (Å²) in [5.74, 6) is 1.49.